The molecule has 2 unspecified atom stereocenters. The summed E-state index contributed by atoms with van der Waals surface area (Å²) in [5.41, 5.74) is 0.681. The Morgan fingerprint density at radius 3 is 2.34 bits per heavy atom. The van der Waals surface area contributed by atoms with Crippen LogP contribution < -0.4 is 4.74 Å². The lowest BCUT2D eigenvalue weighted by atomic mass is 9.91. The molecule has 1 aliphatic rings. The Labute approximate surface area is 169 Å². The standard InChI is InChI=1S/C23H27F3O3/c1-3-11-27-20-9-8-18(22(25)23(20)26)17-7-5-15(13-19(17)24)16-6-10-21(29-14-16)28-12-4-2/h5,7-9,13,16,21H,3-4,6,10-12,14H2,1-2H3. The van der Waals surface area contributed by atoms with Crippen LogP contribution in [-0.2, 0) is 9.47 Å². The number of hydrogen-bond acceptors (Lipinski definition) is 3. The Balaban J connectivity index is 1.74. The predicted octanol–water partition coefficient (Wildman–Crippen LogP) is 6.21. The van der Waals surface area contributed by atoms with E-state index in [1.807, 2.05) is 13.8 Å². The molecule has 29 heavy (non-hydrogen) atoms. The third kappa shape index (κ3) is 5.11. The van der Waals surface area contributed by atoms with Crippen LogP contribution in [0.4, 0.5) is 13.2 Å². The van der Waals surface area contributed by atoms with Crippen LogP contribution in [0.2, 0.25) is 0 Å². The molecule has 0 radical (unpaired) electrons. The maximum Gasteiger partial charge on any atom is 0.201 e. The van der Waals surface area contributed by atoms with Crippen molar-refractivity contribution in [3.63, 3.8) is 0 Å². The highest BCUT2D eigenvalue weighted by Crippen LogP contribution is 2.34. The van der Waals surface area contributed by atoms with Crippen LogP contribution in [0.15, 0.2) is 30.3 Å². The quantitative estimate of drug-likeness (QED) is 0.520. The lowest BCUT2D eigenvalue weighted by Crippen LogP contribution is -2.27. The first-order valence-electron chi connectivity index (χ1n) is 10.2. The van der Waals surface area contributed by atoms with E-state index in [0.29, 0.717) is 19.6 Å². The second-order valence-electron chi connectivity index (χ2n) is 7.23. The van der Waals surface area contributed by atoms with Crippen molar-refractivity contribution in [3.05, 3.63) is 53.3 Å². The molecule has 0 aliphatic carbocycles. The van der Waals surface area contributed by atoms with Gasteiger partial charge in [0.25, 0.3) is 0 Å². The Morgan fingerprint density at radius 2 is 1.69 bits per heavy atom. The van der Waals surface area contributed by atoms with Crippen LogP contribution in [0.1, 0.15) is 51.0 Å². The molecular weight excluding hydrogens is 381 g/mol. The zero-order valence-electron chi connectivity index (χ0n) is 16.8. The SMILES string of the molecule is CCCOc1ccc(-c2ccc(C3CCC(OCCC)OC3)cc2F)c(F)c1F. The molecule has 2 aromatic rings. The largest absolute Gasteiger partial charge is 0.490 e. The fourth-order valence-electron chi connectivity index (χ4n) is 3.44. The molecule has 3 nitrogen and oxygen atoms in total. The maximum absolute atomic E-state index is 14.8. The molecule has 2 aromatic carbocycles. The molecule has 158 valence electrons. The van der Waals surface area contributed by atoms with E-state index in [0.717, 1.165) is 24.8 Å². The van der Waals surface area contributed by atoms with Gasteiger partial charge >= 0.3 is 0 Å². The fraction of sp³-hybridized carbons (Fsp3) is 0.478. The summed E-state index contributed by atoms with van der Waals surface area (Å²) in [6.07, 6.45) is 2.96. The minimum Gasteiger partial charge on any atom is -0.490 e. The Hall–Kier alpha value is -2.05. The van der Waals surface area contributed by atoms with Crippen molar-refractivity contribution < 1.29 is 27.4 Å². The molecule has 1 fully saturated rings. The van der Waals surface area contributed by atoms with Gasteiger partial charge in [0.1, 0.15) is 5.82 Å². The summed E-state index contributed by atoms with van der Waals surface area (Å²) in [5.74, 6) is -2.91. The normalized spacial score (nSPS) is 19.3. The third-order valence-corrected chi connectivity index (χ3v) is 5.01. The smallest absolute Gasteiger partial charge is 0.201 e. The topological polar surface area (TPSA) is 27.7 Å². The van der Waals surface area contributed by atoms with Crippen LogP contribution in [0, 0.1) is 17.5 Å². The lowest BCUT2D eigenvalue weighted by Gasteiger charge is -2.29. The van der Waals surface area contributed by atoms with Gasteiger partial charge in [0.2, 0.25) is 5.82 Å². The molecule has 2 atom stereocenters. The zero-order valence-corrected chi connectivity index (χ0v) is 16.8. The predicted molar refractivity (Wildman–Crippen MR) is 105 cm³/mol. The van der Waals surface area contributed by atoms with Gasteiger partial charge in [0.15, 0.2) is 17.9 Å². The van der Waals surface area contributed by atoms with E-state index >= 15 is 0 Å². The Morgan fingerprint density at radius 1 is 0.931 bits per heavy atom. The summed E-state index contributed by atoms with van der Waals surface area (Å²) in [4.78, 5) is 0. The van der Waals surface area contributed by atoms with Crippen LogP contribution in [-0.4, -0.2) is 26.1 Å². The first kappa shape index (κ1) is 21.7. The number of rotatable bonds is 8. The minimum absolute atomic E-state index is 0.0214. The highest BCUT2D eigenvalue weighted by molar-refractivity contribution is 5.66. The number of hydrogen-bond donors (Lipinski definition) is 0. The van der Waals surface area contributed by atoms with Crippen LogP contribution in [0.3, 0.4) is 0 Å². The molecule has 1 saturated heterocycles. The van der Waals surface area contributed by atoms with Gasteiger partial charge in [-0.3, -0.25) is 0 Å². The summed E-state index contributed by atoms with van der Waals surface area (Å²) in [7, 11) is 0. The zero-order chi connectivity index (χ0) is 20.8. The van der Waals surface area contributed by atoms with Crippen molar-refractivity contribution in [1.29, 1.82) is 0 Å². The molecule has 1 heterocycles. The van der Waals surface area contributed by atoms with Gasteiger partial charge < -0.3 is 14.2 Å². The Bertz CT molecular complexity index is 817. The molecule has 0 amide bonds. The summed E-state index contributed by atoms with van der Waals surface area (Å²) in [5, 5.41) is 0. The number of halogens is 3. The average molecular weight is 408 g/mol. The van der Waals surface area contributed by atoms with Gasteiger partial charge in [0.05, 0.1) is 13.2 Å². The van der Waals surface area contributed by atoms with Gasteiger partial charge in [-0.15, -0.1) is 0 Å². The minimum atomic E-state index is -1.11. The molecule has 0 spiro atoms. The van der Waals surface area contributed by atoms with E-state index in [9.17, 15) is 13.2 Å². The molecule has 0 aromatic heterocycles. The number of ether oxygens (including phenoxy) is 3. The van der Waals surface area contributed by atoms with Gasteiger partial charge in [-0.05, 0) is 49.4 Å². The molecule has 1 aliphatic heterocycles. The fourth-order valence-corrected chi connectivity index (χ4v) is 3.44. The molecule has 0 saturated carbocycles. The highest BCUT2D eigenvalue weighted by Gasteiger charge is 2.25. The van der Waals surface area contributed by atoms with E-state index in [-0.39, 0.29) is 35.7 Å². The molecule has 3 rings (SSSR count). The summed E-state index contributed by atoms with van der Waals surface area (Å²) < 4.78 is 60.0. The first-order valence-corrected chi connectivity index (χ1v) is 10.2. The van der Waals surface area contributed by atoms with E-state index in [1.54, 1.807) is 6.07 Å². The van der Waals surface area contributed by atoms with Crippen molar-refractivity contribution in [3.8, 4) is 16.9 Å². The summed E-state index contributed by atoms with van der Waals surface area (Å²) in [6.45, 7) is 5.29. The number of benzene rings is 2. The van der Waals surface area contributed by atoms with Crippen molar-refractivity contribution in [1.82, 2.24) is 0 Å². The van der Waals surface area contributed by atoms with E-state index in [1.165, 1.54) is 24.3 Å². The summed E-state index contributed by atoms with van der Waals surface area (Å²) >= 11 is 0. The monoisotopic (exact) mass is 408 g/mol. The van der Waals surface area contributed by atoms with Crippen molar-refractivity contribution >= 4 is 0 Å². The summed E-state index contributed by atoms with van der Waals surface area (Å²) in [6, 6.07) is 7.31. The van der Waals surface area contributed by atoms with Crippen molar-refractivity contribution in [2.24, 2.45) is 0 Å². The van der Waals surface area contributed by atoms with Gasteiger partial charge in [-0.1, -0.05) is 26.0 Å². The van der Waals surface area contributed by atoms with Gasteiger partial charge in [-0.2, -0.15) is 4.39 Å². The van der Waals surface area contributed by atoms with Gasteiger partial charge in [0, 0.05) is 23.7 Å². The van der Waals surface area contributed by atoms with E-state index < -0.39 is 17.5 Å². The third-order valence-electron chi connectivity index (χ3n) is 5.01. The Kier molecular flexibility index (Phi) is 7.56. The molecule has 6 heteroatoms. The van der Waals surface area contributed by atoms with Crippen molar-refractivity contribution in [2.45, 2.75) is 51.7 Å². The molecule has 0 bridgehead atoms. The first-order chi connectivity index (χ1) is 14.0. The van der Waals surface area contributed by atoms with Crippen LogP contribution >= 0.6 is 0 Å². The second-order valence-corrected chi connectivity index (χ2v) is 7.23. The van der Waals surface area contributed by atoms with Crippen LogP contribution in [0.5, 0.6) is 5.75 Å². The highest BCUT2D eigenvalue weighted by atomic mass is 19.2. The lowest BCUT2D eigenvalue weighted by molar-refractivity contribution is -0.167. The maximum atomic E-state index is 14.8. The van der Waals surface area contributed by atoms with Gasteiger partial charge in [-0.25, -0.2) is 8.78 Å². The van der Waals surface area contributed by atoms with E-state index in [4.69, 9.17) is 14.2 Å². The van der Waals surface area contributed by atoms with Crippen LogP contribution in [0.25, 0.3) is 11.1 Å². The van der Waals surface area contributed by atoms with E-state index in [2.05, 4.69) is 0 Å². The molecular formula is C23H27F3O3. The van der Waals surface area contributed by atoms with Crippen molar-refractivity contribution in [2.75, 3.05) is 19.8 Å². The average Bonchev–Trinajstić information content (AvgIpc) is 2.74. The molecule has 0 N–H and O–H groups in total. The second kappa shape index (κ2) is 10.1.